The van der Waals surface area contributed by atoms with Crippen LogP contribution in [0.15, 0.2) is 47.2 Å². The number of rotatable bonds is 4. The maximum Gasteiger partial charge on any atom is 0.251 e. The molecule has 146 valence electrons. The molecule has 6 rings (SSSR count). The van der Waals surface area contributed by atoms with E-state index >= 15 is 0 Å². The molecule has 2 atom stereocenters. The zero-order valence-corrected chi connectivity index (χ0v) is 17.1. The van der Waals surface area contributed by atoms with Crippen molar-refractivity contribution in [2.24, 2.45) is 17.8 Å². The molecule has 28 heavy (non-hydrogen) atoms. The van der Waals surface area contributed by atoms with Crippen LogP contribution in [0, 0.1) is 17.8 Å². The summed E-state index contributed by atoms with van der Waals surface area (Å²) >= 11 is 3.30. The van der Waals surface area contributed by atoms with Crippen LogP contribution in [0.2, 0.25) is 0 Å². The molecule has 4 fully saturated rings. The average Bonchev–Trinajstić information content (AvgIpc) is 2.65. The van der Waals surface area contributed by atoms with E-state index in [-0.39, 0.29) is 11.9 Å². The lowest BCUT2D eigenvalue weighted by Gasteiger charge is -2.58. The van der Waals surface area contributed by atoms with Gasteiger partial charge in [-0.3, -0.25) is 4.79 Å². The number of nitrogens with one attached hydrogen (secondary N) is 1. The summed E-state index contributed by atoms with van der Waals surface area (Å²) in [5.41, 5.74) is 0.111. The normalized spacial score (nSPS) is 32.9. The quantitative estimate of drug-likeness (QED) is 0.692. The Kier molecular flexibility index (Phi) is 4.43. The van der Waals surface area contributed by atoms with Gasteiger partial charge in [0.25, 0.3) is 5.91 Å². The predicted octanol–water partition coefficient (Wildman–Crippen LogP) is 4.31. The average molecular weight is 443 g/mol. The minimum atomic E-state index is -0.482. The fraction of sp³-hybridized carbons (Fsp3) is 0.455. The van der Waals surface area contributed by atoms with Crippen LogP contribution in [0.4, 0.5) is 0 Å². The van der Waals surface area contributed by atoms with Crippen molar-refractivity contribution in [2.45, 2.75) is 43.7 Å². The molecule has 6 heteroatoms. The number of halogens is 1. The smallest absolute Gasteiger partial charge is 0.251 e. The molecule has 0 spiro atoms. The Hall–Kier alpha value is -1.92. The highest BCUT2D eigenvalue weighted by molar-refractivity contribution is 9.10. The van der Waals surface area contributed by atoms with Crippen molar-refractivity contribution in [2.75, 3.05) is 0 Å². The third kappa shape index (κ3) is 3.44. The summed E-state index contributed by atoms with van der Waals surface area (Å²) in [6, 6.07) is 11.0. The minimum Gasteiger partial charge on any atom is -0.456 e. The van der Waals surface area contributed by atoms with Crippen molar-refractivity contribution in [3.63, 3.8) is 0 Å². The second-order valence-corrected chi connectivity index (χ2v) is 9.45. The largest absolute Gasteiger partial charge is 0.456 e. The molecular formula is C22H23BrN2O3. The van der Waals surface area contributed by atoms with Gasteiger partial charge in [-0.25, -0.2) is 4.98 Å². The van der Waals surface area contributed by atoms with Crippen LogP contribution in [-0.4, -0.2) is 27.6 Å². The molecular weight excluding hydrogens is 420 g/mol. The number of carbonyl (C=O) groups excluding carboxylic acids is 1. The number of amides is 1. The van der Waals surface area contributed by atoms with E-state index in [1.54, 1.807) is 12.3 Å². The second-order valence-electron chi connectivity index (χ2n) is 8.64. The number of aliphatic hydroxyl groups is 1. The summed E-state index contributed by atoms with van der Waals surface area (Å²) in [4.78, 5) is 17.1. The van der Waals surface area contributed by atoms with Crippen LogP contribution < -0.4 is 10.1 Å². The van der Waals surface area contributed by atoms with Gasteiger partial charge in [-0.2, -0.15) is 0 Å². The fourth-order valence-electron chi connectivity index (χ4n) is 5.71. The molecule has 5 nitrogen and oxygen atoms in total. The second kappa shape index (κ2) is 6.85. The Balaban J connectivity index is 1.29. The van der Waals surface area contributed by atoms with Gasteiger partial charge in [0.05, 0.1) is 11.8 Å². The summed E-state index contributed by atoms with van der Waals surface area (Å²) in [6.07, 6.45) is 6.49. The zero-order valence-electron chi connectivity index (χ0n) is 15.5. The highest BCUT2D eigenvalue weighted by Gasteiger charge is 2.55. The Labute approximate surface area is 172 Å². The number of hydrogen-bond donors (Lipinski definition) is 2. The van der Waals surface area contributed by atoms with Crippen LogP contribution >= 0.6 is 15.9 Å². The van der Waals surface area contributed by atoms with Gasteiger partial charge < -0.3 is 15.2 Å². The van der Waals surface area contributed by atoms with Crippen LogP contribution in [0.1, 0.15) is 42.5 Å². The lowest BCUT2D eigenvalue weighted by atomic mass is 9.52. The molecule has 0 saturated heterocycles. The molecule has 0 aliphatic heterocycles. The van der Waals surface area contributed by atoms with E-state index in [2.05, 4.69) is 26.2 Å². The van der Waals surface area contributed by atoms with E-state index in [0.29, 0.717) is 34.8 Å². The van der Waals surface area contributed by atoms with Gasteiger partial charge in [0, 0.05) is 11.6 Å². The summed E-state index contributed by atoms with van der Waals surface area (Å²) in [5.74, 6) is 2.59. The molecule has 4 aliphatic carbocycles. The van der Waals surface area contributed by atoms with Crippen molar-refractivity contribution in [3.8, 4) is 11.5 Å². The SMILES string of the molecule is O=C(NC1C2CC3CC1CC(O)(C3)C2)c1cccc(Oc2ccc(Br)nc2)c1. The molecule has 4 saturated carbocycles. The number of ether oxygens (including phenoxy) is 1. The first kappa shape index (κ1) is 18.1. The van der Waals surface area contributed by atoms with Gasteiger partial charge in [0.15, 0.2) is 0 Å². The maximum absolute atomic E-state index is 12.9. The summed E-state index contributed by atoms with van der Waals surface area (Å²) in [7, 11) is 0. The molecule has 2 aromatic rings. The van der Waals surface area contributed by atoms with Crippen molar-refractivity contribution in [1.29, 1.82) is 0 Å². The molecule has 1 aromatic carbocycles. The Bertz CT molecular complexity index is 885. The van der Waals surface area contributed by atoms with Gasteiger partial charge in [-0.15, -0.1) is 0 Å². The zero-order chi connectivity index (χ0) is 19.3. The first-order chi connectivity index (χ1) is 13.5. The van der Waals surface area contributed by atoms with Gasteiger partial charge in [-0.05, 0) is 96.1 Å². The van der Waals surface area contributed by atoms with Crippen molar-refractivity contribution in [3.05, 3.63) is 52.8 Å². The summed E-state index contributed by atoms with van der Waals surface area (Å²) in [5, 5.41) is 14.0. The van der Waals surface area contributed by atoms with Crippen molar-refractivity contribution in [1.82, 2.24) is 10.3 Å². The molecule has 4 bridgehead atoms. The molecule has 1 aromatic heterocycles. The lowest BCUT2D eigenvalue weighted by molar-refractivity contribution is -0.136. The number of aromatic nitrogens is 1. The van der Waals surface area contributed by atoms with Gasteiger partial charge in [0.1, 0.15) is 16.1 Å². The van der Waals surface area contributed by atoms with E-state index < -0.39 is 5.60 Å². The van der Waals surface area contributed by atoms with E-state index in [1.165, 1.54) is 0 Å². The monoisotopic (exact) mass is 442 g/mol. The first-order valence-corrected chi connectivity index (χ1v) is 10.7. The van der Waals surface area contributed by atoms with Crippen LogP contribution in [0.25, 0.3) is 0 Å². The molecule has 2 N–H and O–H groups in total. The number of benzene rings is 1. The van der Waals surface area contributed by atoms with E-state index in [1.807, 2.05) is 30.3 Å². The van der Waals surface area contributed by atoms with E-state index in [9.17, 15) is 9.90 Å². The first-order valence-electron chi connectivity index (χ1n) is 9.90. The lowest BCUT2D eigenvalue weighted by Crippen LogP contribution is -2.61. The van der Waals surface area contributed by atoms with Crippen molar-refractivity contribution < 1.29 is 14.6 Å². The third-order valence-corrected chi connectivity index (χ3v) is 7.04. The molecule has 1 amide bonds. The number of pyridine rings is 1. The van der Waals surface area contributed by atoms with Crippen molar-refractivity contribution >= 4 is 21.8 Å². The molecule has 0 radical (unpaired) electrons. The van der Waals surface area contributed by atoms with E-state index in [4.69, 9.17) is 4.74 Å². The predicted molar refractivity (Wildman–Crippen MR) is 108 cm³/mol. The highest BCUT2D eigenvalue weighted by Crippen LogP contribution is 2.55. The van der Waals surface area contributed by atoms with Crippen LogP contribution in [-0.2, 0) is 0 Å². The van der Waals surface area contributed by atoms with Gasteiger partial charge in [-0.1, -0.05) is 6.07 Å². The fourth-order valence-corrected chi connectivity index (χ4v) is 5.95. The Morgan fingerprint density at radius 1 is 1.14 bits per heavy atom. The Morgan fingerprint density at radius 3 is 2.61 bits per heavy atom. The minimum absolute atomic E-state index is 0.0659. The van der Waals surface area contributed by atoms with Crippen LogP contribution in [0.5, 0.6) is 11.5 Å². The summed E-state index contributed by atoms with van der Waals surface area (Å²) in [6.45, 7) is 0. The number of hydrogen-bond acceptors (Lipinski definition) is 4. The number of nitrogens with zero attached hydrogens (tertiary/aromatic N) is 1. The molecule has 4 aliphatic rings. The summed E-state index contributed by atoms with van der Waals surface area (Å²) < 4.78 is 6.57. The van der Waals surface area contributed by atoms with E-state index in [0.717, 1.165) is 36.7 Å². The topological polar surface area (TPSA) is 71.5 Å². The maximum atomic E-state index is 12.9. The molecule has 2 unspecified atom stereocenters. The van der Waals surface area contributed by atoms with Crippen LogP contribution in [0.3, 0.4) is 0 Å². The number of carbonyl (C=O) groups is 1. The standard InChI is InChI=1S/C22H23BrN2O3/c23-19-5-4-18(12-24-19)28-17-3-1-2-14(8-17)21(26)25-20-15-6-13-7-16(20)11-22(27,9-13)10-15/h1-5,8,12-13,15-16,20,27H,6-7,9-11H2,(H,25,26). The highest BCUT2D eigenvalue weighted by atomic mass is 79.9. The molecule has 1 heterocycles. The van der Waals surface area contributed by atoms with Gasteiger partial charge in [0.2, 0.25) is 0 Å². The third-order valence-electron chi connectivity index (χ3n) is 6.57. The Morgan fingerprint density at radius 2 is 1.93 bits per heavy atom. The van der Waals surface area contributed by atoms with Gasteiger partial charge >= 0.3 is 0 Å².